The molecule has 0 aromatic carbocycles. The summed E-state index contributed by atoms with van der Waals surface area (Å²) in [6.45, 7) is 5.31. The van der Waals surface area contributed by atoms with E-state index in [9.17, 15) is 13.2 Å². The van der Waals surface area contributed by atoms with Gasteiger partial charge in [-0.1, -0.05) is 20.8 Å². The monoisotopic (exact) mass is 289 g/mol. The van der Waals surface area contributed by atoms with Crippen LogP contribution in [0.15, 0.2) is 12.4 Å². The molecule has 0 amide bonds. The lowest BCUT2D eigenvalue weighted by atomic mass is 10.0. The molecule has 0 aliphatic heterocycles. The minimum atomic E-state index is -3.69. The molecule has 1 atom stereocenters. The lowest BCUT2D eigenvalue weighted by Gasteiger charge is -2.20. The van der Waals surface area contributed by atoms with Crippen molar-refractivity contribution in [2.75, 3.05) is 5.75 Å². The summed E-state index contributed by atoms with van der Waals surface area (Å²) in [6, 6.07) is -1.32. The summed E-state index contributed by atoms with van der Waals surface area (Å²) < 4.78 is 27.5. The van der Waals surface area contributed by atoms with E-state index in [-0.39, 0.29) is 5.75 Å². The average molecular weight is 289 g/mol. The molecule has 0 saturated heterocycles. The molecule has 1 rings (SSSR count). The van der Waals surface area contributed by atoms with E-state index < -0.39 is 27.4 Å². The Kier molecular flexibility index (Phi) is 4.36. The highest BCUT2D eigenvalue weighted by atomic mass is 32.2. The van der Waals surface area contributed by atoms with Crippen LogP contribution in [0, 0.1) is 5.41 Å². The number of sulfonamides is 1. The van der Waals surface area contributed by atoms with Gasteiger partial charge in [-0.15, -0.1) is 0 Å². The second-order valence-electron chi connectivity index (χ2n) is 5.66. The quantitative estimate of drug-likeness (QED) is 0.822. The second-order valence-corrected chi connectivity index (χ2v) is 7.41. The third-order valence-corrected chi connectivity index (χ3v) is 4.07. The SMILES string of the molecule is Cn1cc(C(NS(=O)(=O)CC(C)(C)C)C(=O)O)cn1. The average Bonchev–Trinajstić information content (AvgIpc) is 2.57. The molecule has 7 nitrogen and oxygen atoms in total. The Labute approximate surface area is 112 Å². The van der Waals surface area contributed by atoms with E-state index in [1.54, 1.807) is 27.8 Å². The number of carboxylic acid groups (broad SMARTS) is 1. The van der Waals surface area contributed by atoms with Crippen molar-refractivity contribution in [2.45, 2.75) is 26.8 Å². The van der Waals surface area contributed by atoms with E-state index in [0.29, 0.717) is 5.56 Å². The van der Waals surface area contributed by atoms with Gasteiger partial charge in [-0.25, -0.2) is 8.42 Å². The summed E-state index contributed by atoms with van der Waals surface area (Å²) >= 11 is 0. The Balaban J connectivity index is 2.95. The van der Waals surface area contributed by atoms with Crippen molar-refractivity contribution in [1.82, 2.24) is 14.5 Å². The van der Waals surface area contributed by atoms with Crippen molar-refractivity contribution < 1.29 is 18.3 Å². The smallest absolute Gasteiger partial charge is 0.326 e. The van der Waals surface area contributed by atoms with Gasteiger partial charge in [0.15, 0.2) is 0 Å². The number of aromatic nitrogens is 2. The van der Waals surface area contributed by atoms with Gasteiger partial charge >= 0.3 is 5.97 Å². The zero-order chi connectivity index (χ0) is 14.8. The van der Waals surface area contributed by atoms with Gasteiger partial charge < -0.3 is 5.11 Å². The predicted octanol–water partition coefficient (Wildman–Crippen LogP) is 0.511. The summed E-state index contributed by atoms with van der Waals surface area (Å²) in [7, 11) is -2.06. The van der Waals surface area contributed by atoms with Gasteiger partial charge in [0.1, 0.15) is 6.04 Å². The van der Waals surface area contributed by atoms with Crippen molar-refractivity contribution in [3.8, 4) is 0 Å². The van der Waals surface area contributed by atoms with Gasteiger partial charge in [0.25, 0.3) is 0 Å². The highest BCUT2D eigenvalue weighted by molar-refractivity contribution is 7.89. The summed E-state index contributed by atoms with van der Waals surface area (Å²) in [5, 5.41) is 13.0. The van der Waals surface area contributed by atoms with Crippen LogP contribution >= 0.6 is 0 Å². The standard InChI is InChI=1S/C11H19N3O4S/c1-11(2,3)7-19(17,18)13-9(10(15)16)8-5-12-14(4)6-8/h5-6,9,13H,7H2,1-4H3,(H,15,16). The maximum Gasteiger partial charge on any atom is 0.326 e. The van der Waals surface area contributed by atoms with Gasteiger partial charge in [-0.3, -0.25) is 9.48 Å². The zero-order valence-corrected chi connectivity index (χ0v) is 12.2. The van der Waals surface area contributed by atoms with E-state index in [0.717, 1.165) is 0 Å². The van der Waals surface area contributed by atoms with Crippen LogP contribution in [0.1, 0.15) is 32.4 Å². The molecule has 1 unspecified atom stereocenters. The van der Waals surface area contributed by atoms with Crippen LogP contribution in [-0.2, 0) is 21.9 Å². The minimum absolute atomic E-state index is 0.149. The van der Waals surface area contributed by atoms with Crippen molar-refractivity contribution in [1.29, 1.82) is 0 Å². The molecule has 8 heteroatoms. The lowest BCUT2D eigenvalue weighted by Crippen LogP contribution is -2.38. The van der Waals surface area contributed by atoms with Crippen LogP contribution in [-0.4, -0.2) is 35.0 Å². The first kappa shape index (κ1) is 15.6. The van der Waals surface area contributed by atoms with Crippen LogP contribution in [0.25, 0.3) is 0 Å². The summed E-state index contributed by atoms with van der Waals surface area (Å²) in [6.07, 6.45) is 2.80. The largest absolute Gasteiger partial charge is 0.480 e. The third kappa shape index (κ3) is 4.99. The number of nitrogens with one attached hydrogen (secondary N) is 1. The topological polar surface area (TPSA) is 101 Å². The van der Waals surface area contributed by atoms with Crippen LogP contribution in [0.4, 0.5) is 0 Å². The first-order valence-corrected chi connectivity index (χ1v) is 7.37. The van der Waals surface area contributed by atoms with E-state index in [4.69, 9.17) is 5.11 Å². The van der Waals surface area contributed by atoms with Crippen LogP contribution in [0.2, 0.25) is 0 Å². The van der Waals surface area contributed by atoms with Crippen LogP contribution in [0.3, 0.4) is 0 Å². The fraction of sp³-hybridized carbons (Fsp3) is 0.636. The number of hydrogen-bond acceptors (Lipinski definition) is 4. The van der Waals surface area contributed by atoms with Gasteiger partial charge in [-0.2, -0.15) is 9.82 Å². The minimum Gasteiger partial charge on any atom is -0.480 e. The Morgan fingerprint density at radius 1 is 1.53 bits per heavy atom. The highest BCUT2D eigenvalue weighted by Crippen LogP contribution is 2.19. The fourth-order valence-electron chi connectivity index (χ4n) is 1.64. The molecule has 0 saturated carbocycles. The molecule has 19 heavy (non-hydrogen) atoms. The number of carbonyl (C=O) groups is 1. The third-order valence-electron chi connectivity index (χ3n) is 2.23. The fourth-order valence-corrected chi connectivity index (χ4v) is 3.46. The van der Waals surface area contributed by atoms with Crippen LogP contribution < -0.4 is 4.72 Å². The number of aliphatic carboxylic acids is 1. The molecule has 0 bridgehead atoms. The maximum atomic E-state index is 11.9. The molecule has 0 aliphatic rings. The van der Waals surface area contributed by atoms with Gasteiger partial charge in [-0.05, 0) is 5.41 Å². The van der Waals surface area contributed by atoms with Crippen LogP contribution in [0.5, 0.6) is 0 Å². The summed E-state index contributed by atoms with van der Waals surface area (Å²) in [4.78, 5) is 11.2. The zero-order valence-electron chi connectivity index (χ0n) is 11.4. The number of aryl methyl sites for hydroxylation is 1. The molecule has 0 radical (unpaired) electrons. The molecule has 108 valence electrons. The molecule has 1 aromatic heterocycles. The first-order valence-electron chi connectivity index (χ1n) is 5.71. The van der Waals surface area contributed by atoms with Gasteiger partial charge in [0.2, 0.25) is 10.0 Å². The van der Waals surface area contributed by atoms with Crippen molar-refractivity contribution in [3.05, 3.63) is 18.0 Å². The lowest BCUT2D eigenvalue weighted by molar-refractivity contribution is -0.139. The normalized spacial score (nSPS) is 14.3. The number of rotatable bonds is 5. The Morgan fingerprint density at radius 3 is 2.47 bits per heavy atom. The summed E-state index contributed by atoms with van der Waals surface area (Å²) in [5.41, 5.74) is -0.156. The summed E-state index contributed by atoms with van der Waals surface area (Å²) in [5.74, 6) is -1.41. The van der Waals surface area contributed by atoms with Crippen molar-refractivity contribution in [3.63, 3.8) is 0 Å². The molecule has 0 spiro atoms. The van der Waals surface area contributed by atoms with E-state index in [2.05, 4.69) is 9.82 Å². The second kappa shape index (κ2) is 5.30. The molecular weight excluding hydrogens is 270 g/mol. The van der Waals surface area contributed by atoms with Gasteiger partial charge in [0.05, 0.1) is 11.9 Å². The number of hydrogen-bond donors (Lipinski definition) is 2. The van der Waals surface area contributed by atoms with Crippen molar-refractivity contribution in [2.24, 2.45) is 12.5 Å². The van der Waals surface area contributed by atoms with E-state index in [1.165, 1.54) is 17.1 Å². The molecule has 1 aromatic rings. The molecule has 0 fully saturated rings. The number of nitrogens with zero attached hydrogens (tertiary/aromatic N) is 2. The first-order chi connectivity index (χ1) is 8.50. The predicted molar refractivity (Wildman–Crippen MR) is 70.0 cm³/mol. The highest BCUT2D eigenvalue weighted by Gasteiger charge is 2.29. The Hall–Kier alpha value is -1.41. The van der Waals surface area contributed by atoms with E-state index in [1.807, 2.05) is 0 Å². The maximum absolute atomic E-state index is 11.9. The molecular formula is C11H19N3O4S. The van der Waals surface area contributed by atoms with Gasteiger partial charge in [0, 0.05) is 18.8 Å². The molecule has 2 N–H and O–H groups in total. The Morgan fingerprint density at radius 2 is 2.11 bits per heavy atom. The number of carboxylic acids is 1. The Bertz CT molecular complexity index is 557. The molecule has 0 aliphatic carbocycles. The van der Waals surface area contributed by atoms with Crippen molar-refractivity contribution >= 4 is 16.0 Å². The van der Waals surface area contributed by atoms with E-state index >= 15 is 0 Å². The molecule has 1 heterocycles.